The van der Waals surface area contributed by atoms with Gasteiger partial charge in [-0.2, -0.15) is 0 Å². The van der Waals surface area contributed by atoms with Crippen molar-refractivity contribution in [1.29, 1.82) is 0 Å². The Morgan fingerprint density at radius 1 is 0.579 bits per heavy atom. The Bertz CT molecular complexity index is 167. The van der Waals surface area contributed by atoms with Crippen molar-refractivity contribution in [3.05, 3.63) is 0 Å². The predicted octanol–water partition coefficient (Wildman–Crippen LogP) is 7.50. The molecule has 0 saturated carbocycles. The van der Waals surface area contributed by atoms with E-state index in [1.807, 2.05) is 0 Å². The zero-order valence-electron chi connectivity index (χ0n) is 13.7. The quantitative estimate of drug-likeness (QED) is 0.228. The second-order valence-corrected chi connectivity index (χ2v) is 7.29. The standard InChI is InChI=1S/C18H37Br/c1-4-7-9-10-11-13-15-17(14-6-3)18(19)16-12-8-5-2/h17-18H,4-16H2,1-3H3. The van der Waals surface area contributed by atoms with E-state index < -0.39 is 0 Å². The van der Waals surface area contributed by atoms with Gasteiger partial charge in [0.05, 0.1) is 0 Å². The lowest BCUT2D eigenvalue weighted by atomic mass is 9.90. The lowest BCUT2D eigenvalue weighted by molar-refractivity contribution is 0.393. The maximum absolute atomic E-state index is 3.97. The van der Waals surface area contributed by atoms with Gasteiger partial charge in [0.1, 0.15) is 0 Å². The highest BCUT2D eigenvalue weighted by molar-refractivity contribution is 9.09. The minimum atomic E-state index is 0.773. The summed E-state index contributed by atoms with van der Waals surface area (Å²) in [6.07, 6.45) is 18.3. The molecule has 0 aliphatic carbocycles. The molecule has 0 nitrogen and oxygen atoms in total. The summed E-state index contributed by atoms with van der Waals surface area (Å²) in [6, 6.07) is 0. The molecule has 0 amide bonds. The number of hydrogen-bond donors (Lipinski definition) is 0. The molecular formula is C18H37Br. The van der Waals surface area contributed by atoms with Gasteiger partial charge in [-0.05, 0) is 25.2 Å². The zero-order chi connectivity index (χ0) is 14.3. The number of hydrogen-bond acceptors (Lipinski definition) is 0. The fourth-order valence-corrected chi connectivity index (χ4v) is 3.74. The van der Waals surface area contributed by atoms with Crippen molar-refractivity contribution in [3.63, 3.8) is 0 Å². The first-order chi connectivity index (χ1) is 9.26. The Morgan fingerprint density at radius 3 is 1.74 bits per heavy atom. The summed E-state index contributed by atoms with van der Waals surface area (Å²) in [6.45, 7) is 6.92. The number of alkyl halides is 1. The molecule has 0 fully saturated rings. The molecule has 1 heteroatoms. The SMILES string of the molecule is CCCCCCCCC(CCC)C(Br)CCCCC. The van der Waals surface area contributed by atoms with Gasteiger partial charge in [0.15, 0.2) is 0 Å². The Morgan fingerprint density at radius 2 is 1.11 bits per heavy atom. The second-order valence-electron chi connectivity index (χ2n) is 6.12. The molecular weight excluding hydrogens is 296 g/mol. The third kappa shape index (κ3) is 12.0. The number of rotatable bonds is 14. The van der Waals surface area contributed by atoms with Gasteiger partial charge < -0.3 is 0 Å². The summed E-state index contributed by atoms with van der Waals surface area (Å²) in [5.74, 6) is 0.924. The molecule has 0 aromatic rings. The van der Waals surface area contributed by atoms with E-state index in [1.54, 1.807) is 0 Å². The van der Waals surface area contributed by atoms with Crippen molar-refractivity contribution in [2.75, 3.05) is 0 Å². The molecule has 2 atom stereocenters. The van der Waals surface area contributed by atoms with Gasteiger partial charge in [0.2, 0.25) is 0 Å². The van der Waals surface area contributed by atoms with E-state index in [0.717, 1.165) is 10.7 Å². The molecule has 19 heavy (non-hydrogen) atoms. The summed E-state index contributed by atoms with van der Waals surface area (Å²) in [5.41, 5.74) is 0. The minimum Gasteiger partial charge on any atom is -0.0888 e. The first kappa shape index (κ1) is 19.5. The van der Waals surface area contributed by atoms with Crippen molar-refractivity contribution in [1.82, 2.24) is 0 Å². The summed E-state index contributed by atoms with van der Waals surface area (Å²) in [4.78, 5) is 0.773. The summed E-state index contributed by atoms with van der Waals surface area (Å²) in [5, 5.41) is 0. The van der Waals surface area contributed by atoms with Gasteiger partial charge in [0.25, 0.3) is 0 Å². The number of halogens is 1. The van der Waals surface area contributed by atoms with Gasteiger partial charge in [-0.3, -0.25) is 0 Å². The molecule has 0 aliphatic heterocycles. The summed E-state index contributed by atoms with van der Waals surface area (Å²) >= 11 is 3.97. The molecule has 0 bridgehead atoms. The largest absolute Gasteiger partial charge is 0.0888 e. The predicted molar refractivity (Wildman–Crippen MR) is 93.2 cm³/mol. The van der Waals surface area contributed by atoms with E-state index in [4.69, 9.17) is 0 Å². The van der Waals surface area contributed by atoms with Crippen molar-refractivity contribution < 1.29 is 0 Å². The van der Waals surface area contributed by atoms with Gasteiger partial charge in [-0.1, -0.05) is 101 Å². The van der Waals surface area contributed by atoms with Crippen LogP contribution in [0.1, 0.15) is 104 Å². The molecule has 0 aromatic carbocycles. The Hall–Kier alpha value is 0.480. The van der Waals surface area contributed by atoms with Crippen molar-refractivity contribution >= 4 is 15.9 Å². The molecule has 0 saturated heterocycles. The summed E-state index contributed by atoms with van der Waals surface area (Å²) < 4.78 is 0. The van der Waals surface area contributed by atoms with Crippen LogP contribution in [0.25, 0.3) is 0 Å². The fourth-order valence-electron chi connectivity index (χ4n) is 2.89. The highest BCUT2D eigenvalue weighted by Crippen LogP contribution is 2.28. The van der Waals surface area contributed by atoms with Crippen LogP contribution >= 0.6 is 15.9 Å². The molecule has 0 N–H and O–H groups in total. The molecule has 0 spiro atoms. The minimum absolute atomic E-state index is 0.773. The highest BCUT2D eigenvalue weighted by atomic mass is 79.9. The third-order valence-corrected chi connectivity index (χ3v) is 5.39. The van der Waals surface area contributed by atoms with Crippen molar-refractivity contribution in [3.8, 4) is 0 Å². The van der Waals surface area contributed by atoms with Crippen LogP contribution in [0, 0.1) is 5.92 Å². The molecule has 2 unspecified atom stereocenters. The van der Waals surface area contributed by atoms with E-state index in [9.17, 15) is 0 Å². The normalized spacial score (nSPS) is 14.5. The molecule has 116 valence electrons. The van der Waals surface area contributed by atoms with E-state index in [1.165, 1.54) is 83.5 Å². The topological polar surface area (TPSA) is 0 Å². The maximum Gasteiger partial charge on any atom is 0.0174 e. The van der Waals surface area contributed by atoms with Crippen LogP contribution in [0.5, 0.6) is 0 Å². The average molecular weight is 333 g/mol. The van der Waals surface area contributed by atoms with Crippen LogP contribution in [0.3, 0.4) is 0 Å². The molecule has 0 aromatic heterocycles. The van der Waals surface area contributed by atoms with E-state index >= 15 is 0 Å². The van der Waals surface area contributed by atoms with E-state index in [0.29, 0.717) is 0 Å². The van der Waals surface area contributed by atoms with Gasteiger partial charge in [0, 0.05) is 4.83 Å². The summed E-state index contributed by atoms with van der Waals surface area (Å²) in [7, 11) is 0. The van der Waals surface area contributed by atoms with Crippen LogP contribution in [0.15, 0.2) is 0 Å². The van der Waals surface area contributed by atoms with Gasteiger partial charge in [-0.15, -0.1) is 0 Å². The van der Waals surface area contributed by atoms with E-state index in [2.05, 4.69) is 36.7 Å². The lowest BCUT2D eigenvalue weighted by Crippen LogP contribution is -2.14. The average Bonchev–Trinajstić information content (AvgIpc) is 2.41. The first-order valence-electron chi connectivity index (χ1n) is 8.90. The monoisotopic (exact) mass is 332 g/mol. The number of unbranched alkanes of at least 4 members (excludes halogenated alkanes) is 7. The third-order valence-electron chi connectivity index (χ3n) is 4.18. The van der Waals surface area contributed by atoms with E-state index in [-0.39, 0.29) is 0 Å². The second kappa shape index (κ2) is 14.9. The maximum atomic E-state index is 3.97. The van der Waals surface area contributed by atoms with Crippen LogP contribution in [-0.2, 0) is 0 Å². The van der Waals surface area contributed by atoms with Crippen molar-refractivity contribution in [2.45, 2.75) is 109 Å². The van der Waals surface area contributed by atoms with Crippen LogP contribution in [-0.4, -0.2) is 4.83 Å². The van der Waals surface area contributed by atoms with Crippen LogP contribution < -0.4 is 0 Å². The fraction of sp³-hybridized carbons (Fsp3) is 1.00. The first-order valence-corrected chi connectivity index (χ1v) is 9.81. The van der Waals surface area contributed by atoms with Gasteiger partial charge in [-0.25, -0.2) is 0 Å². The smallest absolute Gasteiger partial charge is 0.0174 e. The van der Waals surface area contributed by atoms with Crippen LogP contribution in [0.2, 0.25) is 0 Å². The molecule has 0 heterocycles. The van der Waals surface area contributed by atoms with Crippen LogP contribution in [0.4, 0.5) is 0 Å². The Kier molecular flexibility index (Phi) is 15.3. The Balaban J connectivity index is 3.70. The van der Waals surface area contributed by atoms with Crippen molar-refractivity contribution in [2.24, 2.45) is 5.92 Å². The highest BCUT2D eigenvalue weighted by Gasteiger charge is 2.17. The van der Waals surface area contributed by atoms with Gasteiger partial charge >= 0.3 is 0 Å². The lowest BCUT2D eigenvalue weighted by Gasteiger charge is -2.22. The Labute approximate surface area is 131 Å². The molecule has 0 rings (SSSR count). The molecule has 0 aliphatic rings. The molecule has 0 radical (unpaired) electrons. The zero-order valence-corrected chi connectivity index (χ0v) is 15.3.